The number of carbonyl (C=O) groups is 1. The van der Waals surface area contributed by atoms with Crippen LogP contribution in [0.3, 0.4) is 0 Å². The van der Waals surface area contributed by atoms with Crippen molar-refractivity contribution in [2.45, 2.75) is 74.0 Å². The second-order valence-corrected chi connectivity index (χ2v) is 9.45. The Morgan fingerprint density at radius 3 is 2.05 bits per heavy atom. The van der Waals surface area contributed by atoms with E-state index in [0.29, 0.717) is 12.4 Å². The van der Waals surface area contributed by atoms with E-state index in [4.69, 9.17) is 38.3 Å². The molecule has 2 aromatic carbocycles. The zero-order valence-corrected chi connectivity index (χ0v) is 24.5. The molecule has 8 nitrogen and oxygen atoms in total. The predicted molar refractivity (Wildman–Crippen MR) is 161 cm³/mol. The van der Waals surface area contributed by atoms with Crippen LogP contribution in [0, 0.1) is 26.7 Å². The molecule has 0 amide bonds. The smallest absolute Gasteiger partial charge is 0.290 e. The molecule has 1 aliphatic heterocycles. The van der Waals surface area contributed by atoms with Crippen LogP contribution < -0.4 is 16.7 Å². The van der Waals surface area contributed by atoms with E-state index in [-0.39, 0.29) is 6.47 Å². The molecule has 6 N–H and O–H groups in total. The summed E-state index contributed by atoms with van der Waals surface area (Å²) in [5.74, 6) is 12.6. The summed E-state index contributed by atoms with van der Waals surface area (Å²) in [6, 6.07) is 10.3. The quantitative estimate of drug-likeness (QED) is 0.139. The normalized spacial score (nSPS) is 12.6. The minimum atomic E-state index is -0.500. The maximum atomic E-state index is 8.52. The third kappa shape index (κ3) is 8.25. The third-order valence-electron chi connectivity index (χ3n) is 5.36. The first kappa shape index (κ1) is 34.5. The molecule has 2 heterocycles. The molecule has 0 aliphatic carbocycles. The van der Waals surface area contributed by atoms with Gasteiger partial charge < -0.3 is 20.6 Å². The second-order valence-electron chi connectivity index (χ2n) is 9.01. The lowest BCUT2D eigenvalue weighted by Crippen LogP contribution is -2.44. The summed E-state index contributed by atoms with van der Waals surface area (Å²) in [4.78, 5) is 8.36. The van der Waals surface area contributed by atoms with Gasteiger partial charge in [0.25, 0.3) is 6.47 Å². The van der Waals surface area contributed by atoms with E-state index < -0.39 is 5.60 Å². The highest BCUT2D eigenvalue weighted by molar-refractivity contribution is 6.30. The van der Waals surface area contributed by atoms with Crippen molar-refractivity contribution in [2.24, 2.45) is 16.8 Å². The zero-order chi connectivity index (χ0) is 29.8. The molecular weight excluding hydrogens is 502 g/mol. The SMILES string of the molecule is C#C.CC.CC(C)(C)O.CCc1c(C)c2c3c(cc(C)n3C/C(=N/N)N2N)c1-c1ccc(Cl)cc1.O=CO. The second kappa shape index (κ2) is 15.7. The minimum Gasteiger partial charge on any atom is -0.483 e. The van der Waals surface area contributed by atoms with Gasteiger partial charge in [0, 0.05) is 16.1 Å². The number of hydrogen-bond acceptors (Lipinski definition) is 5. The van der Waals surface area contributed by atoms with Crippen LogP contribution in [-0.4, -0.2) is 32.7 Å². The highest BCUT2D eigenvalue weighted by Gasteiger charge is 2.29. The summed E-state index contributed by atoms with van der Waals surface area (Å²) >= 11 is 6.11. The zero-order valence-electron chi connectivity index (χ0n) is 23.7. The van der Waals surface area contributed by atoms with Gasteiger partial charge >= 0.3 is 0 Å². The van der Waals surface area contributed by atoms with Gasteiger partial charge in [-0.2, -0.15) is 5.10 Å². The molecule has 0 bridgehead atoms. The first-order valence-electron chi connectivity index (χ1n) is 12.3. The third-order valence-corrected chi connectivity index (χ3v) is 5.61. The Bertz CT molecular complexity index is 1230. The molecule has 0 fully saturated rings. The van der Waals surface area contributed by atoms with Crippen molar-refractivity contribution in [1.29, 1.82) is 0 Å². The minimum absolute atomic E-state index is 0.250. The molecule has 4 rings (SSSR count). The molecule has 0 radical (unpaired) electrons. The van der Waals surface area contributed by atoms with Gasteiger partial charge in [0.2, 0.25) is 0 Å². The number of aliphatic hydroxyl groups is 1. The number of nitrogens with two attached hydrogens (primary N) is 2. The number of amidine groups is 1. The van der Waals surface area contributed by atoms with Gasteiger partial charge in [-0.25, -0.2) is 5.84 Å². The Labute approximate surface area is 231 Å². The standard InChI is InChI=1S/C20H22ClN5.C4H10O.C2H6.C2H2.CH2O2/c1-4-15-12(3)19-20-16(18(15)13-5-7-14(21)8-6-13)9-11(2)25(20)10-17(24-22)26(19)23;1-4(2,3)5;2*1-2;2-1-3/h5-9H,4,10,22-23H2,1-3H3;5H,1-3H3;1-2H3;1-2H;1H,(H,2,3)/b24-17-;;;;. The summed E-state index contributed by atoms with van der Waals surface area (Å²) in [6.45, 7) is 16.0. The maximum Gasteiger partial charge on any atom is 0.290 e. The fourth-order valence-electron chi connectivity index (χ4n) is 4.13. The molecule has 1 aliphatic rings. The van der Waals surface area contributed by atoms with Gasteiger partial charge in [-0.3, -0.25) is 9.80 Å². The monoisotopic (exact) mass is 543 g/mol. The van der Waals surface area contributed by atoms with Crippen molar-refractivity contribution >= 4 is 40.5 Å². The predicted octanol–water partition coefficient (Wildman–Crippen LogP) is 5.86. The van der Waals surface area contributed by atoms with Crippen LogP contribution in [-0.2, 0) is 17.8 Å². The van der Waals surface area contributed by atoms with E-state index in [1.165, 1.54) is 27.8 Å². The van der Waals surface area contributed by atoms with Gasteiger partial charge in [0.05, 0.1) is 23.3 Å². The summed E-state index contributed by atoms with van der Waals surface area (Å²) in [7, 11) is 0. The lowest BCUT2D eigenvalue weighted by atomic mass is 9.89. The van der Waals surface area contributed by atoms with Crippen molar-refractivity contribution in [3.63, 3.8) is 0 Å². The van der Waals surface area contributed by atoms with E-state index in [9.17, 15) is 0 Å². The Morgan fingerprint density at radius 2 is 1.63 bits per heavy atom. The topological polar surface area (TPSA) is 130 Å². The molecule has 0 atom stereocenters. The lowest BCUT2D eigenvalue weighted by Gasteiger charge is -2.31. The first-order valence-corrected chi connectivity index (χ1v) is 12.6. The van der Waals surface area contributed by atoms with Gasteiger partial charge in [-0.1, -0.05) is 44.5 Å². The van der Waals surface area contributed by atoms with Gasteiger partial charge in [0.1, 0.15) is 0 Å². The largest absolute Gasteiger partial charge is 0.483 e. The number of aromatic nitrogens is 1. The Morgan fingerprint density at radius 1 is 1.16 bits per heavy atom. The van der Waals surface area contributed by atoms with Crippen LogP contribution in [0.5, 0.6) is 0 Å². The highest BCUT2D eigenvalue weighted by Crippen LogP contribution is 2.44. The van der Waals surface area contributed by atoms with Crippen LogP contribution in [0.15, 0.2) is 35.4 Å². The fourth-order valence-corrected chi connectivity index (χ4v) is 4.26. The molecule has 38 heavy (non-hydrogen) atoms. The summed E-state index contributed by atoms with van der Waals surface area (Å²) in [6.07, 6.45) is 8.90. The number of benzene rings is 2. The number of hydrazine groups is 1. The number of rotatable bonds is 2. The number of hydrazone groups is 1. The van der Waals surface area contributed by atoms with Crippen LogP contribution in [0.1, 0.15) is 58.4 Å². The number of nitrogens with zero attached hydrogens (tertiary/aromatic N) is 3. The van der Waals surface area contributed by atoms with Crippen LogP contribution >= 0.6 is 11.6 Å². The van der Waals surface area contributed by atoms with Crippen molar-refractivity contribution in [3.05, 3.63) is 52.2 Å². The number of hydrogen-bond donors (Lipinski definition) is 4. The Kier molecular flexibility index (Phi) is 14.2. The Balaban J connectivity index is 0.000000981. The van der Waals surface area contributed by atoms with Crippen LogP contribution in [0.4, 0.5) is 5.69 Å². The molecule has 9 heteroatoms. The highest BCUT2D eigenvalue weighted by atomic mass is 35.5. The maximum absolute atomic E-state index is 8.52. The number of carboxylic acid groups (broad SMARTS) is 1. The summed E-state index contributed by atoms with van der Waals surface area (Å²) in [5.41, 5.74) is 7.64. The van der Waals surface area contributed by atoms with Crippen LogP contribution in [0.25, 0.3) is 22.0 Å². The molecule has 0 saturated heterocycles. The van der Waals surface area contributed by atoms with E-state index in [1.807, 2.05) is 26.0 Å². The van der Waals surface area contributed by atoms with Crippen molar-refractivity contribution in [3.8, 4) is 24.0 Å². The first-order chi connectivity index (χ1) is 17.9. The van der Waals surface area contributed by atoms with Gasteiger partial charge in [0.15, 0.2) is 5.84 Å². The number of halogens is 1. The van der Waals surface area contributed by atoms with Crippen LogP contribution in [0.2, 0.25) is 5.02 Å². The molecule has 0 saturated carbocycles. The summed E-state index contributed by atoms with van der Waals surface area (Å²) < 4.78 is 2.24. The van der Waals surface area contributed by atoms with Crippen molar-refractivity contribution in [1.82, 2.24) is 4.57 Å². The molecule has 1 aromatic heterocycles. The molecular formula is C29H42ClN5O3. The molecule has 208 valence electrons. The molecule has 0 unspecified atom stereocenters. The summed E-state index contributed by atoms with van der Waals surface area (Å²) in [5, 5.41) is 22.9. The van der Waals surface area contributed by atoms with Gasteiger partial charge in [-0.05, 0) is 81.5 Å². The number of anilines is 1. The number of terminal acetylenes is 1. The van der Waals surface area contributed by atoms with E-state index in [2.05, 4.69) is 61.5 Å². The molecule has 0 spiro atoms. The average Bonchev–Trinajstić information content (AvgIpc) is 3.19. The van der Waals surface area contributed by atoms with Crippen molar-refractivity contribution in [2.75, 3.05) is 5.01 Å². The molecule has 3 aromatic rings. The Hall–Kier alpha value is -3.51. The average molecular weight is 544 g/mol. The van der Waals surface area contributed by atoms with E-state index in [0.717, 1.165) is 28.2 Å². The lowest BCUT2D eigenvalue weighted by molar-refractivity contribution is -0.122. The van der Waals surface area contributed by atoms with E-state index >= 15 is 0 Å². The number of aryl methyl sites for hydroxylation is 1. The van der Waals surface area contributed by atoms with Gasteiger partial charge in [-0.15, -0.1) is 12.8 Å². The van der Waals surface area contributed by atoms with E-state index in [1.54, 1.807) is 25.8 Å². The fraction of sp³-hybridized carbons (Fsp3) is 0.379. The van der Waals surface area contributed by atoms with Crippen molar-refractivity contribution < 1.29 is 15.0 Å².